The highest BCUT2D eigenvalue weighted by molar-refractivity contribution is 5.73. The van der Waals surface area contributed by atoms with Gasteiger partial charge in [0.1, 0.15) is 5.75 Å². The van der Waals surface area contributed by atoms with E-state index in [1.165, 1.54) is 0 Å². The van der Waals surface area contributed by atoms with E-state index in [2.05, 4.69) is 0 Å². The summed E-state index contributed by atoms with van der Waals surface area (Å²) in [5, 5.41) is 9.17. The molecule has 0 atom stereocenters. The second-order valence-electron chi connectivity index (χ2n) is 4.61. The average Bonchev–Trinajstić information content (AvgIpc) is 2.48. The fourth-order valence-electron chi connectivity index (χ4n) is 1.97. The third-order valence-electron chi connectivity index (χ3n) is 2.96. The molecule has 0 saturated heterocycles. The van der Waals surface area contributed by atoms with Crippen LogP contribution in [0, 0.1) is 0 Å². The molecule has 2 rings (SSSR count). The Morgan fingerprint density at radius 3 is 2.50 bits per heavy atom. The molecular weight excluding hydrogens is 252 g/mol. The van der Waals surface area contributed by atoms with Crippen molar-refractivity contribution in [3.05, 3.63) is 54.1 Å². The van der Waals surface area contributed by atoms with Crippen molar-refractivity contribution < 1.29 is 14.6 Å². The Morgan fingerprint density at radius 1 is 1.10 bits per heavy atom. The van der Waals surface area contributed by atoms with Gasteiger partial charge in [-0.3, -0.25) is 4.79 Å². The van der Waals surface area contributed by atoms with E-state index in [4.69, 9.17) is 4.74 Å². The molecule has 0 bridgehead atoms. The molecule has 0 heterocycles. The highest BCUT2D eigenvalue weighted by Crippen LogP contribution is 2.25. The summed E-state index contributed by atoms with van der Waals surface area (Å²) in [7, 11) is 0. The lowest BCUT2D eigenvalue weighted by Crippen LogP contribution is -2.06. The van der Waals surface area contributed by atoms with Crippen molar-refractivity contribution in [3.63, 3.8) is 0 Å². The highest BCUT2D eigenvalue weighted by Gasteiger charge is 2.05. The maximum atomic E-state index is 11.5. The summed E-state index contributed by atoms with van der Waals surface area (Å²) in [6.07, 6.45) is 1.20. The van der Waals surface area contributed by atoms with Gasteiger partial charge in [0.2, 0.25) is 0 Å². The second-order valence-corrected chi connectivity index (χ2v) is 4.61. The van der Waals surface area contributed by atoms with Gasteiger partial charge >= 0.3 is 5.97 Å². The van der Waals surface area contributed by atoms with Gasteiger partial charge in [-0.1, -0.05) is 37.3 Å². The maximum Gasteiger partial charge on any atom is 0.311 e. The van der Waals surface area contributed by atoms with Crippen LogP contribution < -0.4 is 4.74 Å². The second kappa shape index (κ2) is 6.87. The summed E-state index contributed by atoms with van der Waals surface area (Å²) < 4.78 is 5.29. The fraction of sp³-hybridized carbons (Fsp3) is 0.235. The lowest BCUT2D eigenvalue weighted by Gasteiger charge is -2.07. The summed E-state index contributed by atoms with van der Waals surface area (Å²) in [5.41, 5.74) is 2.81. The maximum absolute atomic E-state index is 11.5. The van der Waals surface area contributed by atoms with Crippen LogP contribution >= 0.6 is 0 Å². The number of carbonyl (C=O) groups excluding carboxylic acids is 1. The zero-order valence-electron chi connectivity index (χ0n) is 11.5. The van der Waals surface area contributed by atoms with Crippen LogP contribution in [0.3, 0.4) is 0 Å². The van der Waals surface area contributed by atoms with Crippen molar-refractivity contribution in [1.82, 2.24) is 0 Å². The third kappa shape index (κ3) is 3.68. The molecule has 1 N–H and O–H groups in total. The predicted molar refractivity (Wildman–Crippen MR) is 78.3 cm³/mol. The van der Waals surface area contributed by atoms with Gasteiger partial charge in [-0.2, -0.15) is 0 Å². The standard InChI is InChI=1S/C17H18O3/c1-2-5-17(19)20-16-9-4-8-15(11-16)14-7-3-6-13(10-14)12-18/h3-4,6-11,18H,2,5,12H2,1H3. The van der Waals surface area contributed by atoms with Crippen molar-refractivity contribution in [2.24, 2.45) is 0 Å². The van der Waals surface area contributed by atoms with Crippen molar-refractivity contribution in [2.75, 3.05) is 0 Å². The van der Waals surface area contributed by atoms with E-state index < -0.39 is 0 Å². The molecule has 0 aliphatic rings. The monoisotopic (exact) mass is 270 g/mol. The van der Waals surface area contributed by atoms with Gasteiger partial charge in [0, 0.05) is 6.42 Å². The summed E-state index contributed by atoms with van der Waals surface area (Å²) in [5.74, 6) is 0.337. The normalized spacial score (nSPS) is 10.3. The number of esters is 1. The minimum absolute atomic E-state index is 0.0129. The topological polar surface area (TPSA) is 46.5 Å². The van der Waals surface area contributed by atoms with Crippen LogP contribution in [0.4, 0.5) is 0 Å². The summed E-state index contributed by atoms with van der Waals surface area (Å²) in [6, 6.07) is 15.1. The molecule has 0 aliphatic carbocycles. The molecule has 2 aromatic rings. The van der Waals surface area contributed by atoms with Crippen LogP contribution in [0.1, 0.15) is 25.3 Å². The summed E-state index contributed by atoms with van der Waals surface area (Å²) in [4.78, 5) is 11.5. The van der Waals surface area contributed by atoms with E-state index in [1.807, 2.05) is 49.4 Å². The first-order valence-electron chi connectivity index (χ1n) is 6.74. The molecule has 20 heavy (non-hydrogen) atoms. The minimum atomic E-state index is -0.214. The van der Waals surface area contributed by atoms with Crippen LogP contribution in [0.2, 0.25) is 0 Å². The van der Waals surface area contributed by atoms with E-state index >= 15 is 0 Å². The predicted octanol–water partition coefficient (Wildman–Crippen LogP) is 3.55. The van der Waals surface area contributed by atoms with Gasteiger partial charge < -0.3 is 9.84 Å². The van der Waals surface area contributed by atoms with Crippen LogP contribution in [0.15, 0.2) is 48.5 Å². The Labute approximate surface area is 118 Å². The molecule has 0 radical (unpaired) electrons. The number of rotatable bonds is 5. The largest absolute Gasteiger partial charge is 0.427 e. The Kier molecular flexibility index (Phi) is 4.91. The summed E-state index contributed by atoms with van der Waals surface area (Å²) >= 11 is 0. The van der Waals surface area contributed by atoms with E-state index in [0.717, 1.165) is 23.1 Å². The number of benzene rings is 2. The fourth-order valence-corrected chi connectivity index (χ4v) is 1.97. The first-order valence-corrected chi connectivity index (χ1v) is 6.74. The van der Waals surface area contributed by atoms with Gasteiger partial charge in [-0.05, 0) is 41.3 Å². The Morgan fingerprint density at radius 2 is 1.80 bits per heavy atom. The Hall–Kier alpha value is -2.13. The first kappa shape index (κ1) is 14.3. The molecule has 3 heteroatoms. The zero-order valence-corrected chi connectivity index (χ0v) is 11.5. The van der Waals surface area contributed by atoms with E-state index in [0.29, 0.717) is 12.2 Å². The molecule has 0 aromatic heterocycles. The van der Waals surface area contributed by atoms with Crippen molar-refractivity contribution in [1.29, 1.82) is 0 Å². The number of hydrogen-bond donors (Lipinski definition) is 1. The molecule has 3 nitrogen and oxygen atoms in total. The number of aliphatic hydroxyl groups is 1. The van der Waals surface area contributed by atoms with Crippen LogP contribution in [-0.2, 0) is 11.4 Å². The molecular formula is C17H18O3. The lowest BCUT2D eigenvalue weighted by molar-refractivity contribution is -0.134. The smallest absolute Gasteiger partial charge is 0.311 e. The molecule has 2 aromatic carbocycles. The van der Waals surface area contributed by atoms with Crippen LogP contribution in [-0.4, -0.2) is 11.1 Å². The number of aliphatic hydroxyl groups excluding tert-OH is 1. The molecule has 0 fully saturated rings. The molecule has 0 saturated carbocycles. The van der Waals surface area contributed by atoms with Gasteiger partial charge in [0.05, 0.1) is 6.61 Å². The molecule has 0 spiro atoms. The lowest BCUT2D eigenvalue weighted by atomic mass is 10.0. The van der Waals surface area contributed by atoms with E-state index in [-0.39, 0.29) is 12.6 Å². The number of hydrogen-bond acceptors (Lipinski definition) is 3. The van der Waals surface area contributed by atoms with Gasteiger partial charge in [0.15, 0.2) is 0 Å². The molecule has 104 valence electrons. The first-order chi connectivity index (χ1) is 9.72. The van der Waals surface area contributed by atoms with Crippen molar-refractivity contribution in [3.8, 4) is 16.9 Å². The Balaban J connectivity index is 2.22. The van der Waals surface area contributed by atoms with Gasteiger partial charge in [-0.25, -0.2) is 0 Å². The SMILES string of the molecule is CCCC(=O)Oc1cccc(-c2cccc(CO)c2)c1. The highest BCUT2D eigenvalue weighted by atomic mass is 16.5. The van der Waals surface area contributed by atoms with Crippen LogP contribution in [0.25, 0.3) is 11.1 Å². The van der Waals surface area contributed by atoms with E-state index in [1.54, 1.807) is 6.07 Å². The molecule has 0 amide bonds. The third-order valence-corrected chi connectivity index (χ3v) is 2.96. The van der Waals surface area contributed by atoms with Crippen molar-refractivity contribution in [2.45, 2.75) is 26.4 Å². The zero-order chi connectivity index (χ0) is 14.4. The molecule has 0 aliphatic heterocycles. The summed E-state index contributed by atoms with van der Waals surface area (Å²) in [6.45, 7) is 1.96. The van der Waals surface area contributed by atoms with Crippen molar-refractivity contribution >= 4 is 5.97 Å². The molecule has 0 unspecified atom stereocenters. The van der Waals surface area contributed by atoms with Gasteiger partial charge in [0.25, 0.3) is 0 Å². The number of carbonyl (C=O) groups is 1. The Bertz CT molecular complexity index is 590. The minimum Gasteiger partial charge on any atom is -0.427 e. The quantitative estimate of drug-likeness (QED) is 0.667. The average molecular weight is 270 g/mol. The van der Waals surface area contributed by atoms with E-state index in [9.17, 15) is 9.90 Å². The number of ether oxygens (including phenoxy) is 1. The van der Waals surface area contributed by atoms with Crippen LogP contribution in [0.5, 0.6) is 5.75 Å². The van der Waals surface area contributed by atoms with Gasteiger partial charge in [-0.15, -0.1) is 0 Å².